The highest BCUT2D eigenvalue weighted by Gasteiger charge is 2.20. The Bertz CT molecular complexity index is 1140. The third-order valence-corrected chi connectivity index (χ3v) is 5.82. The number of fused-ring (bicyclic) bond motifs is 1. The van der Waals surface area contributed by atoms with Crippen LogP contribution >= 0.6 is 0 Å². The number of methoxy groups -OCH3 is 2. The van der Waals surface area contributed by atoms with Crippen LogP contribution < -0.4 is 19.8 Å². The summed E-state index contributed by atoms with van der Waals surface area (Å²) in [5.41, 5.74) is 10.4. The molecule has 0 saturated carbocycles. The van der Waals surface area contributed by atoms with E-state index in [1.807, 2.05) is 30.3 Å². The number of hydrogen-bond donors (Lipinski definition) is 1. The van der Waals surface area contributed by atoms with Crippen LogP contribution in [0.5, 0.6) is 11.5 Å². The average Bonchev–Trinajstić information content (AvgIpc) is 3.21. The zero-order valence-electron chi connectivity index (χ0n) is 18.8. The van der Waals surface area contributed by atoms with Crippen LogP contribution in [-0.2, 0) is 13.1 Å². The lowest BCUT2D eigenvalue weighted by Crippen LogP contribution is -2.18. The maximum absolute atomic E-state index is 12.5. The number of anilines is 1. The van der Waals surface area contributed by atoms with Gasteiger partial charge in [0.15, 0.2) is 11.5 Å². The fraction of sp³-hybridized carbons (Fsp3) is 0.231. The van der Waals surface area contributed by atoms with Gasteiger partial charge in [0.2, 0.25) is 0 Å². The summed E-state index contributed by atoms with van der Waals surface area (Å²) in [7, 11) is 3.16. The van der Waals surface area contributed by atoms with E-state index in [9.17, 15) is 4.79 Å². The van der Waals surface area contributed by atoms with Gasteiger partial charge in [0, 0.05) is 24.3 Å². The second-order valence-corrected chi connectivity index (χ2v) is 7.92. The van der Waals surface area contributed by atoms with Crippen LogP contribution in [0.3, 0.4) is 0 Å². The summed E-state index contributed by atoms with van der Waals surface area (Å²) in [5.74, 6) is 0.983. The van der Waals surface area contributed by atoms with Crippen molar-refractivity contribution in [3.05, 3.63) is 88.0 Å². The van der Waals surface area contributed by atoms with Crippen molar-refractivity contribution >= 4 is 17.8 Å². The normalized spacial score (nSPS) is 12.7. The van der Waals surface area contributed by atoms with E-state index in [-0.39, 0.29) is 5.91 Å². The highest BCUT2D eigenvalue weighted by molar-refractivity contribution is 5.95. The van der Waals surface area contributed by atoms with E-state index in [0.29, 0.717) is 17.1 Å². The van der Waals surface area contributed by atoms with E-state index >= 15 is 0 Å². The first-order chi connectivity index (χ1) is 15.5. The Morgan fingerprint density at radius 2 is 1.53 bits per heavy atom. The predicted molar refractivity (Wildman–Crippen MR) is 127 cm³/mol. The smallest absolute Gasteiger partial charge is 0.271 e. The van der Waals surface area contributed by atoms with Crippen molar-refractivity contribution in [1.82, 2.24) is 5.43 Å². The van der Waals surface area contributed by atoms with Crippen molar-refractivity contribution in [2.75, 3.05) is 19.1 Å². The highest BCUT2D eigenvalue weighted by Crippen LogP contribution is 2.30. The van der Waals surface area contributed by atoms with Crippen molar-refractivity contribution in [2.24, 2.45) is 5.10 Å². The van der Waals surface area contributed by atoms with Gasteiger partial charge in [-0.3, -0.25) is 4.79 Å². The van der Waals surface area contributed by atoms with Crippen molar-refractivity contribution in [3.8, 4) is 11.5 Å². The van der Waals surface area contributed by atoms with E-state index in [1.54, 1.807) is 32.6 Å². The first-order valence-electron chi connectivity index (χ1n) is 10.5. The summed E-state index contributed by atoms with van der Waals surface area (Å²) in [4.78, 5) is 14.8. The fourth-order valence-corrected chi connectivity index (χ4v) is 3.87. The van der Waals surface area contributed by atoms with Crippen molar-refractivity contribution < 1.29 is 14.3 Å². The number of rotatable bonds is 6. The van der Waals surface area contributed by atoms with Gasteiger partial charge in [-0.2, -0.15) is 5.10 Å². The zero-order chi connectivity index (χ0) is 22.7. The van der Waals surface area contributed by atoms with Crippen LogP contribution in [0.15, 0.2) is 59.7 Å². The summed E-state index contributed by atoms with van der Waals surface area (Å²) in [6.07, 6.45) is 1.57. The molecular weight excluding hydrogens is 402 g/mol. The molecule has 0 bridgehead atoms. The van der Waals surface area contributed by atoms with Gasteiger partial charge in [0.25, 0.3) is 5.91 Å². The van der Waals surface area contributed by atoms with Crippen LogP contribution in [0.4, 0.5) is 5.69 Å². The Balaban J connectivity index is 1.38. The molecule has 6 heteroatoms. The number of hydrogen-bond acceptors (Lipinski definition) is 5. The van der Waals surface area contributed by atoms with Gasteiger partial charge in [-0.05, 0) is 84.1 Å². The van der Waals surface area contributed by atoms with Crippen molar-refractivity contribution in [1.29, 1.82) is 0 Å². The number of carbonyl (C=O) groups excluding carboxylic acids is 1. The van der Waals surface area contributed by atoms with Crippen LogP contribution in [0, 0.1) is 13.8 Å². The third kappa shape index (κ3) is 4.44. The van der Waals surface area contributed by atoms with Crippen LogP contribution in [0.2, 0.25) is 0 Å². The molecule has 3 aromatic rings. The van der Waals surface area contributed by atoms with Gasteiger partial charge in [-0.1, -0.05) is 12.1 Å². The molecule has 1 heterocycles. The van der Waals surface area contributed by atoms with Gasteiger partial charge in [0.1, 0.15) is 0 Å². The molecule has 0 atom stereocenters. The molecule has 6 nitrogen and oxygen atoms in total. The standard InChI is InChI=1S/C26H27N3O3/c1-17-11-21-15-29(16-22(21)12-18(17)2)23-8-6-20(7-9-23)26(30)28-27-14-19-5-10-24(31-3)25(13-19)32-4/h5-14H,15-16H2,1-4H3,(H,28,30). The lowest BCUT2D eigenvalue weighted by Gasteiger charge is -2.17. The second-order valence-electron chi connectivity index (χ2n) is 7.92. The van der Waals surface area contributed by atoms with Gasteiger partial charge in [0.05, 0.1) is 20.4 Å². The summed E-state index contributed by atoms with van der Waals surface area (Å²) < 4.78 is 10.5. The van der Waals surface area contributed by atoms with Gasteiger partial charge in [-0.25, -0.2) is 5.43 Å². The maximum Gasteiger partial charge on any atom is 0.271 e. The third-order valence-electron chi connectivity index (χ3n) is 5.82. The molecule has 0 saturated heterocycles. The average molecular weight is 430 g/mol. The minimum Gasteiger partial charge on any atom is -0.493 e. The zero-order valence-corrected chi connectivity index (χ0v) is 18.8. The Morgan fingerprint density at radius 1 is 0.906 bits per heavy atom. The molecule has 1 aliphatic rings. The van der Waals surface area contributed by atoms with Crippen LogP contribution in [-0.4, -0.2) is 26.3 Å². The van der Waals surface area contributed by atoms with E-state index in [4.69, 9.17) is 9.47 Å². The Morgan fingerprint density at radius 3 is 2.12 bits per heavy atom. The maximum atomic E-state index is 12.5. The molecule has 0 aliphatic carbocycles. The topological polar surface area (TPSA) is 63.2 Å². The van der Waals surface area contributed by atoms with Gasteiger partial charge < -0.3 is 14.4 Å². The number of nitrogens with zero attached hydrogens (tertiary/aromatic N) is 2. The molecule has 0 spiro atoms. The number of benzene rings is 3. The largest absolute Gasteiger partial charge is 0.493 e. The second kappa shape index (κ2) is 9.14. The van der Waals surface area contributed by atoms with Crippen molar-refractivity contribution in [3.63, 3.8) is 0 Å². The Labute approximate surface area is 188 Å². The summed E-state index contributed by atoms with van der Waals surface area (Å²) in [6, 6.07) is 17.6. The number of ether oxygens (including phenoxy) is 2. The predicted octanol–water partition coefficient (Wildman–Crippen LogP) is 4.60. The monoisotopic (exact) mass is 429 g/mol. The minimum atomic E-state index is -0.260. The van der Waals surface area contributed by atoms with Crippen LogP contribution in [0.25, 0.3) is 0 Å². The fourth-order valence-electron chi connectivity index (χ4n) is 3.87. The highest BCUT2D eigenvalue weighted by atomic mass is 16.5. The molecule has 32 heavy (non-hydrogen) atoms. The first-order valence-corrected chi connectivity index (χ1v) is 10.5. The van der Waals surface area contributed by atoms with E-state index in [1.165, 1.54) is 22.3 Å². The van der Waals surface area contributed by atoms with Crippen molar-refractivity contribution in [2.45, 2.75) is 26.9 Å². The lowest BCUT2D eigenvalue weighted by molar-refractivity contribution is 0.0955. The molecule has 164 valence electrons. The molecular formula is C26H27N3O3. The number of nitrogens with one attached hydrogen (secondary N) is 1. The Hall–Kier alpha value is -3.80. The lowest BCUT2D eigenvalue weighted by atomic mass is 10.0. The number of carbonyl (C=O) groups is 1. The molecule has 4 rings (SSSR count). The van der Waals surface area contributed by atoms with E-state index in [2.05, 4.69) is 41.4 Å². The molecule has 1 amide bonds. The molecule has 0 radical (unpaired) electrons. The first kappa shape index (κ1) is 21.4. The SMILES string of the molecule is COc1ccc(C=NNC(=O)c2ccc(N3Cc4cc(C)c(C)cc4C3)cc2)cc1OC. The number of aryl methyl sites for hydroxylation is 2. The number of hydrazone groups is 1. The van der Waals surface area contributed by atoms with E-state index in [0.717, 1.165) is 24.3 Å². The van der Waals surface area contributed by atoms with Crippen LogP contribution in [0.1, 0.15) is 38.2 Å². The molecule has 0 aromatic heterocycles. The van der Waals surface area contributed by atoms with E-state index < -0.39 is 0 Å². The van der Waals surface area contributed by atoms with Gasteiger partial charge in [-0.15, -0.1) is 0 Å². The Kier molecular flexibility index (Phi) is 6.12. The molecule has 3 aromatic carbocycles. The molecule has 1 N–H and O–H groups in total. The number of amides is 1. The summed E-state index contributed by atoms with van der Waals surface area (Å²) in [5, 5.41) is 4.06. The molecule has 1 aliphatic heterocycles. The molecule has 0 unspecified atom stereocenters. The van der Waals surface area contributed by atoms with Gasteiger partial charge >= 0.3 is 0 Å². The summed E-state index contributed by atoms with van der Waals surface area (Å²) in [6.45, 7) is 6.08. The molecule has 0 fully saturated rings. The quantitative estimate of drug-likeness (QED) is 0.459. The summed E-state index contributed by atoms with van der Waals surface area (Å²) >= 11 is 0. The minimum absolute atomic E-state index is 0.260.